The molecule has 0 aromatic heterocycles. The van der Waals surface area contributed by atoms with Gasteiger partial charge >= 0.3 is 11.7 Å². The predicted octanol–water partition coefficient (Wildman–Crippen LogP) is 5.48. The van der Waals surface area contributed by atoms with Crippen molar-refractivity contribution >= 4 is 47.7 Å². The topological polar surface area (TPSA) is 262 Å². The molecule has 8 N–H and O–H groups in total. The van der Waals surface area contributed by atoms with Crippen LogP contribution in [0.4, 0.5) is 5.69 Å². The number of phenols is 1. The number of carbonyl (C=O) groups excluding carboxylic acids is 4. The Morgan fingerprint density at radius 3 is 2.20 bits per heavy atom. The Hall–Kier alpha value is -5.16. The summed E-state index contributed by atoms with van der Waals surface area (Å²) in [6, 6.07) is -0.777. The molecule has 2 heterocycles. The molecule has 18 heteroatoms. The number of unbranched alkanes of at least 4 members (excludes halogenated alkanes) is 8. The molecule has 2 aromatic carbocycles. The second-order valence-corrected chi connectivity index (χ2v) is 15.2. The van der Waals surface area contributed by atoms with Crippen molar-refractivity contribution in [3.63, 3.8) is 0 Å². The van der Waals surface area contributed by atoms with Gasteiger partial charge in [0.05, 0.1) is 24.1 Å². The molecule has 0 spiro atoms. The molecule has 0 saturated heterocycles. The Kier molecular flexibility index (Phi) is 20.9. The van der Waals surface area contributed by atoms with E-state index in [2.05, 4.69) is 28.2 Å². The van der Waals surface area contributed by atoms with E-state index in [4.69, 9.17) is 15.2 Å². The number of aromatic hydroxyl groups is 1. The van der Waals surface area contributed by atoms with E-state index in [9.17, 15) is 44.3 Å². The fourth-order valence-electron chi connectivity index (χ4n) is 6.81. The van der Waals surface area contributed by atoms with Crippen molar-refractivity contribution in [1.29, 1.82) is 0 Å². The number of hydrogen-bond acceptors (Lipinski definition) is 11. The van der Waals surface area contributed by atoms with Gasteiger partial charge in [-0.15, -0.1) is 12.4 Å². The molecule has 2 aliphatic rings. The third-order valence-corrected chi connectivity index (χ3v) is 9.96. The quantitative estimate of drug-likeness (QED) is 0.0497. The average Bonchev–Trinajstić information content (AvgIpc) is 3.16. The second-order valence-electron chi connectivity index (χ2n) is 15.2. The highest BCUT2D eigenvalue weighted by atomic mass is 35.5. The number of rotatable bonds is 20. The van der Waals surface area contributed by atoms with Crippen LogP contribution in [-0.2, 0) is 30.4 Å². The van der Waals surface area contributed by atoms with Gasteiger partial charge in [-0.05, 0) is 54.5 Å². The molecule has 4 rings (SSSR count). The van der Waals surface area contributed by atoms with E-state index in [-0.39, 0.29) is 66.0 Å². The molecular weight excluding hydrogens is 788 g/mol. The lowest BCUT2D eigenvalue weighted by atomic mass is 9.96. The van der Waals surface area contributed by atoms with E-state index < -0.39 is 76.2 Å². The number of phenolic OH excluding ortho intramolecular Hbond substituents is 1. The number of hydrogen-bond donors (Lipinski definition) is 7. The van der Waals surface area contributed by atoms with Crippen molar-refractivity contribution in [2.24, 2.45) is 11.7 Å². The molecule has 0 fully saturated rings. The van der Waals surface area contributed by atoms with Crippen LogP contribution in [0, 0.1) is 16.0 Å². The number of nitro benzene ring substituents is 1. The van der Waals surface area contributed by atoms with Gasteiger partial charge in [0.1, 0.15) is 12.1 Å². The molecule has 4 amide bonds. The minimum absolute atomic E-state index is 0. The van der Waals surface area contributed by atoms with Gasteiger partial charge < -0.3 is 46.7 Å². The van der Waals surface area contributed by atoms with Crippen LogP contribution < -0.4 is 36.5 Å². The first kappa shape index (κ1) is 50.0. The van der Waals surface area contributed by atoms with Crippen LogP contribution in [-0.4, -0.2) is 76.0 Å². The molecule has 5 atom stereocenters. The maximum atomic E-state index is 14.0. The molecule has 2 aliphatic heterocycles. The number of nitro groups is 1. The van der Waals surface area contributed by atoms with Crippen molar-refractivity contribution < 1.29 is 48.6 Å². The number of nitrogens with two attached hydrogens (primary N) is 1. The summed E-state index contributed by atoms with van der Waals surface area (Å²) in [7, 11) is 1.22. The van der Waals surface area contributed by atoms with Crippen LogP contribution in [0.5, 0.6) is 23.0 Å². The standard InChI is InChI=1S/C41H60N6O11.ClH/c1-6-8-9-10-11-12-13-14-15-16-34(49)45-36(41(53)54)35-26-22-31(48)37(57-5)33(23-26)58-32-18-17-25(21-30(32)47(55)56)20-29(44-38(50)27(42)19-24(3)4)40(52)43-28(7-2)39(51)46-35;/h17-18,21-24,27-29,35-36,48H,6-16,19-20,42H2,1-5H3,(H,43,52)(H,44,50)(H,45,49)(H,46,51)(H,53,54);1H/t27-,28+,29-,35?,36-;/m1./s1. The number of ether oxygens (including phenoxy) is 2. The number of aliphatic carboxylic acids is 1. The Balaban J connectivity index is 0.0000120. The number of methoxy groups -OCH3 is 1. The van der Waals surface area contributed by atoms with E-state index in [0.717, 1.165) is 50.7 Å². The third-order valence-electron chi connectivity index (χ3n) is 9.96. The number of fused-ring (bicyclic) bond motifs is 9. The van der Waals surface area contributed by atoms with Crippen LogP contribution in [0.1, 0.15) is 122 Å². The molecule has 0 aliphatic carbocycles. The molecule has 328 valence electrons. The number of carbonyl (C=O) groups is 5. The highest BCUT2D eigenvalue weighted by Crippen LogP contribution is 2.44. The van der Waals surface area contributed by atoms with Gasteiger partial charge in [0.25, 0.3) is 0 Å². The number of nitrogens with one attached hydrogen (secondary N) is 4. The van der Waals surface area contributed by atoms with E-state index in [1.807, 2.05) is 13.8 Å². The number of halogens is 1. The molecule has 1 unspecified atom stereocenters. The Morgan fingerprint density at radius 2 is 1.63 bits per heavy atom. The number of carboxylic acids is 1. The van der Waals surface area contributed by atoms with Crippen LogP contribution >= 0.6 is 12.4 Å². The smallest absolute Gasteiger partial charge is 0.328 e. The van der Waals surface area contributed by atoms with Crippen LogP contribution in [0.25, 0.3) is 0 Å². The highest BCUT2D eigenvalue weighted by Gasteiger charge is 2.37. The largest absolute Gasteiger partial charge is 0.504 e. The van der Waals surface area contributed by atoms with E-state index in [1.165, 1.54) is 38.2 Å². The lowest BCUT2D eigenvalue weighted by molar-refractivity contribution is -0.385. The van der Waals surface area contributed by atoms with E-state index in [0.29, 0.717) is 12.8 Å². The maximum absolute atomic E-state index is 14.0. The maximum Gasteiger partial charge on any atom is 0.328 e. The molecule has 0 saturated carbocycles. The Morgan fingerprint density at radius 1 is 0.983 bits per heavy atom. The highest BCUT2D eigenvalue weighted by molar-refractivity contribution is 5.94. The fraction of sp³-hybridized carbons (Fsp3) is 0.585. The van der Waals surface area contributed by atoms with Crippen molar-refractivity contribution in [2.75, 3.05) is 7.11 Å². The molecule has 2 aromatic rings. The minimum Gasteiger partial charge on any atom is -0.504 e. The first-order chi connectivity index (χ1) is 27.6. The summed E-state index contributed by atoms with van der Waals surface area (Å²) in [6.45, 7) is 7.50. The number of benzene rings is 2. The van der Waals surface area contributed by atoms with Crippen LogP contribution in [0.3, 0.4) is 0 Å². The summed E-state index contributed by atoms with van der Waals surface area (Å²) in [4.78, 5) is 78.8. The molecule has 17 nitrogen and oxygen atoms in total. The zero-order valence-electron chi connectivity index (χ0n) is 34.5. The zero-order chi connectivity index (χ0) is 42.9. The van der Waals surface area contributed by atoms with Gasteiger partial charge in [-0.25, -0.2) is 4.79 Å². The van der Waals surface area contributed by atoms with Gasteiger partial charge in [0, 0.05) is 18.9 Å². The fourth-order valence-corrected chi connectivity index (χ4v) is 6.81. The summed E-state index contributed by atoms with van der Waals surface area (Å²) in [5.74, 6) is -5.76. The first-order valence-corrected chi connectivity index (χ1v) is 20.1. The van der Waals surface area contributed by atoms with Crippen molar-refractivity contribution in [3.8, 4) is 23.0 Å². The molecular formula is C41H61ClN6O11. The minimum atomic E-state index is -1.80. The number of nitrogens with zero attached hydrogens (tertiary/aromatic N) is 1. The monoisotopic (exact) mass is 848 g/mol. The predicted molar refractivity (Wildman–Crippen MR) is 223 cm³/mol. The van der Waals surface area contributed by atoms with Crippen molar-refractivity contribution in [2.45, 2.75) is 141 Å². The van der Waals surface area contributed by atoms with Gasteiger partial charge in [-0.1, -0.05) is 85.1 Å². The van der Waals surface area contributed by atoms with Gasteiger partial charge in [-0.3, -0.25) is 29.3 Å². The summed E-state index contributed by atoms with van der Waals surface area (Å²) in [6.07, 6.45) is 9.13. The number of amides is 4. The Bertz CT molecular complexity index is 1760. The van der Waals surface area contributed by atoms with E-state index in [1.54, 1.807) is 6.92 Å². The molecule has 59 heavy (non-hydrogen) atoms. The van der Waals surface area contributed by atoms with E-state index >= 15 is 0 Å². The zero-order valence-corrected chi connectivity index (χ0v) is 35.4. The lowest BCUT2D eigenvalue weighted by Crippen LogP contribution is -2.58. The second kappa shape index (κ2) is 24.7. The van der Waals surface area contributed by atoms with Gasteiger partial charge in [0.2, 0.25) is 35.1 Å². The summed E-state index contributed by atoms with van der Waals surface area (Å²) < 4.78 is 11.3. The van der Waals surface area contributed by atoms with Gasteiger partial charge in [-0.2, -0.15) is 0 Å². The first-order valence-electron chi connectivity index (χ1n) is 20.1. The van der Waals surface area contributed by atoms with Crippen LogP contribution in [0.15, 0.2) is 30.3 Å². The SMILES string of the molecule is CCCCCCCCCCCC(=O)N[C@@H](C(=O)O)C1NC(=O)[C@H](CC)NC(=O)[C@H](NC(=O)[C@H](N)CC(C)C)Cc2ccc(c([N+](=O)[O-])c2)Oc2cc1cc(O)c2OC.Cl. The summed E-state index contributed by atoms with van der Waals surface area (Å²) in [5, 5.41) is 44.3. The van der Waals surface area contributed by atoms with Gasteiger partial charge in [0.15, 0.2) is 17.5 Å². The number of carboxylic acid groups (broad SMARTS) is 1. The summed E-state index contributed by atoms with van der Waals surface area (Å²) in [5.41, 5.74) is 5.75. The Labute approximate surface area is 351 Å². The summed E-state index contributed by atoms with van der Waals surface area (Å²) >= 11 is 0. The average molecular weight is 849 g/mol. The third kappa shape index (κ3) is 15.2. The normalized spacial score (nSPS) is 17.7. The van der Waals surface area contributed by atoms with Crippen molar-refractivity contribution in [3.05, 3.63) is 51.6 Å². The molecule has 4 bridgehead atoms. The molecule has 0 radical (unpaired) electrons. The lowest BCUT2D eigenvalue weighted by Gasteiger charge is -2.30. The van der Waals surface area contributed by atoms with Crippen LogP contribution in [0.2, 0.25) is 0 Å². The van der Waals surface area contributed by atoms with Crippen molar-refractivity contribution in [1.82, 2.24) is 21.3 Å².